The smallest absolute Gasteiger partial charge is 0.313 e. The normalized spacial score (nSPS) is 21.2. The molecule has 0 fully saturated rings. The lowest BCUT2D eigenvalue weighted by atomic mass is 9.86. The number of nitrogens with zero attached hydrogens (tertiary/aromatic N) is 1. The third-order valence-corrected chi connectivity index (χ3v) is 3.84. The second kappa shape index (κ2) is 6.27. The van der Waals surface area contributed by atoms with Gasteiger partial charge in [-0.15, -0.1) is 11.6 Å². The summed E-state index contributed by atoms with van der Waals surface area (Å²) in [5, 5.41) is 0. The minimum absolute atomic E-state index is 0.0109. The van der Waals surface area contributed by atoms with E-state index in [-0.39, 0.29) is 23.8 Å². The molecule has 0 spiro atoms. The Kier molecular flexibility index (Phi) is 4.65. The first-order valence-corrected chi connectivity index (χ1v) is 7.18. The van der Waals surface area contributed by atoms with E-state index in [9.17, 15) is 9.59 Å². The molecule has 2 rings (SSSR count). The number of amides is 1. The molecule has 1 aromatic carbocycles. The Morgan fingerprint density at radius 3 is 2.75 bits per heavy atom. The maximum absolute atomic E-state index is 12.2. The van der Waals surface area contributed by atoms with E-state index in [0.29, 0.717) is 18.7 Å². The monoisotopic (exact) mass is 295 g/mol. The zero-order chi connectivity index (χ0) is 14.7. The van der Waals surface area contributed by atoms with E-state index in [1.807, 2.05) is 31.2 Å². The van der Waals surface area contributed by atoms with Gasteiger partial charge in [-0.3, -0.25) is 9.59 Å². The van der Waals surface area contributed by atoms with Gasteiger partial charge in [0, 0.05) is 24.0 Å². The van der Waals surface area contributed by atoms with Gasteiger partial charge in [-0.2, -0.15) is 0 Å². The number of alkyl halides is 1. The molecule has 108 valence electrons. The van der Waals surface area contributed by atoms with Gasteiger partial charge >= 0.3 is 5.97 Å². The summed E-state index contributed by atoms with van der Waals surface area (Å²) in [5.74, 6) is -0.284. The third kappa shape index (κ3) is 2.66. The average Bonchev–Trinajstić information content (AvgIpc) is 2.45. The number of methoxy groups -OCH3 is 1. The fourth-order valence-corrected chi connectivity index (χ4v) is 2.92. The summed E-state index contributed by atoms with van der Waals surface area (Å²) < 4.78 is 4.87. The molecule has 20 heavy (non-hydrogen) atoms. The Bertz CT molecular complexity index is 518. The largest absolute Gasteiger partial charge is 0.469 e. The Morgan fingerprint density at radius 1 is 1.40 bits per heavy atom. The van der Waals surface area contributed by atoms with E-state index in [1.54, 1.807) is 4.90 Å². The van der Waals surface area contributed by atoms with Crippen molar-refractivity contribution in [2.24, 2.45) is 0 Å². The van der Waals surface area contributed by atoms with E-state index in [0.717, 1.165) is 11.3 Å². The van der Waals surface area contributed by atoms with E-state index < -0.39 is 0 Å². The minimum Gasteiger partial charge on any atom is -0.469 e. The van der Waals surface area contributed by atoms with Crippen molar-refractivity contribution < 1.29 is 14.3 Å². The Labute approximate surface area is 123 Å². The van der Waals surface area contributed by atoms with Gasteiger partial charge in [-0.05, 0) is 25.0 Å². The molecule has 1 heterocycles. The van der Waals surface area contributed by atoms with Gasteiger partial charge in [0.2, 0.25) is 5.91 Å². The quantitative estimate of drug-likeness (QED) is 0.636. The molecule has 1 amide bonds. The van der Waals surface area contributed by atoms with E-state index in [1.165, 1.54) is 7.11 Å². The van der Waals surface area contributed by atoms with Crippen LogP contribution in [0.3, 0.4) is 0 Å². The van der Waals surface area contributed by atoms with Crippen LogP contribution >= 0.6 is 11.6 Å². The Hall–Kier alpha value is -1.55. The van der Waals surface area contributed by atoms with Crippen LogP contribution in [0.1, 0.15) is 31.2 Å². The summed E-state index contributed by atoms with van der Waals surface area (Å²) in [6.07, 6.45) is 0.862. The lowest BCUT2D eigenvalue weighted by Gasteiger charge is -2.38. The molecule has 0 aromatic heterocycles. The highest BCUT2D eigenvalue weighted by Gasteiger charge is 2.36. The number of hydrogen-bond donors (Lipinski definition) is 0. The molecule has 0 N–H and O–H groups in total. The predicted molar refractivity (Wildman–Crippen MR) is 78.1 cm³/mol. The van der Waals surface area contributed by atoms with Crippen molar-refractivity contribution in [3.05, 3.63) is 29.8 Å². The van der Waals surface area contributed by atoms with Gasteiger partial charge in [-0.1, -0.05) is 18.2 Å². The highest BCUT2D eigenvalue weighted by Crippen LogP contribution is 2.39. The number of esters is 1. The zero-order valence-corrected chi connectivity index (χ0v) is 12.4. The van der Waals surface area contributed by atoms with Gasteiger partial charge in [0.25, 0.3) is 0 Å². The number of carbonyl (C=O) groups is 2. The molecule has 2 unspecified atom stereocenters. The van der Waals surface area contributed by atoms with E-state index in [4.69, 9.17) is 16.3 Å². The molecule has 0 bridgehead atoms. The second-order valence-electron chi connectivity index (χ2n) is 4.92. The number of benzene rings is 1. The van der Waals surface area contributed by atoms with Crippen LogP contribution in [0.15, 0.2) is 24.3 Å². The van der Waals surface area contributed by atoms with Crippen LogP contribution < -0.4 is 4.90 Å². The standard InChI is InChI=1S/C15H18ClNO3/c1-10-9-12(15(19)20-2)11-5-3-4-6-13(11)17(10)14(18)7-8-16/h3-6,10,12H,7-9H2,1-2H3. The fraction of sp³-hybridized carbons (Fsp3) is 0.467. The minimum atomic E-state index is -0.314. The lowest BCUT2D eigenvalue weighted by molar-refractivity contribution is -0.143. The molecule has 1 aliphatic heterocycles. The lowest BCUT2D eigenvalue weighted by Crippen LogP contribution is -2.44. The fourth-order valence-electron chi connectivity index (χ4n) is 2.76. The molecule has 0 saturated heterocycles. The average molecular weight is 296 g/mol. The molecule has 2 atom stereocenters. The van der Waals surface area contributed by atoms with Crippen molar-refractivity contribution in [2.45, 2.75) is 31.7 Å². The molecule has 0 aliphatic carbocycles. The number of rotatable bonds is 3. The van der Waals surface area contributed by atoms with Gasteiger partial charge in [0.15, 0.2) is 0 Å². The zero-order valence-electron chi connectivity index (χ0n) is 11.6. The molecule has 4 nitrogen and oxygen atoms in total. The summed E-state index contributed by atoms with van der Waals surface area (Å²) >= 11 is 5.67. The molecular weight excluding hydrogens is 278 g/mol. The summed E-state index contributed by atoms with van der Waals surface area (Å²) in [7, 11) is 1.39. The van der Waals surface area contributed by atoms with Crippen LogP contribution in [-0.2, 0) is 14.3 Å². The third-order valence-electron chi connectivity index (χ3n) is 3.65. The number of hydrogen-bond acceptors (Lipinski definition) is 3. The van der Waals surface area contributed by atoms with Crippen LogP contribution in [0, 0.1) is 0 Å². The molecule has 0 saturated carbocycles. The number of carbonyl (C=O) groups excluding carboxylic acids is 2. The topological polar surface area (TPSA) is 46.6 Å². The SMILES string of the molecule is COC(=O)C1CC(C)N(C(=O)CCCl)c2ccccc21. The summed E-state index contributed by atoms with van der Waals surface area (Å²) in [6, 6.07) is 7.43. The first-order valence-electron chi connectivity index (χ1n) is 6.65. The first-order chi connectivity index (χ1) is 9.60. The van der Waals surface area contributed by atoms with Crippen LogP contribution in [0.4, 0.5) is 5.69 Å². The Balaban J connectivity index is 2.43. The molecule has 0 radical (unpaired) electrons. The van der Waals surface area contributed by atoms with Crippen LogP contribution in [-0.4, -0.2) is 30.9 Å². The molecule has 5 heteroatoms. The molecular formula is C15H18ClNO3. The highest BCUT2D eigenvalue weighted by molar-refractivity contribution is 6.19. The van der Waals surface area contributed by atoms with Gasteiger partial charge < -0.3 is 9.64 Å². The van der Waals surface area contributed by atoms with Crippen LogP contribution in [0.25, 0.3) is 0 Å². The number of fused-ring (bicyclic) bond motifs is 1. The highest BCUT2D eigenvalue weighted by atomic mass is 35.5. The van der Waals surface area contributed by atoms with Crippen LogP contribution in [0.5, 0.6) is 0 Å². The number of halogens is 1. The second-order valence-corrected chi connectivity index (χ2v) is 5.30. The van der Waals surface area contributed by atoms with Gasteiger partial charge in [0.1, 0.15) is 0 Å². The van der Waals surface area contributed by atoms with Gasteiger partial charge in [-0.25, -0.2) is 0 Å². The first kappa shape index (κ1) is 14.9. The predicted octanol–water partition coefficient (Wildman–Crippen LogP) is 2.70. The van der Waals surface area contributed by atoms with Crippen molar-refractivity contribution in [3.8, 4) is 0 Å². The number of anilines is 1. The van der Waals surface area contributed by atoms with Gasteiger partial charge in [0.05, 0.1) is 13.0 Å². The van der Waals surface area contributed by atoms with Crippen molar-refractivity contribution >= 4 is 29.2 Å². The molecule has 1 aromatic rings. The van der Waals surface area contributed by atoms with Crippen molar-refractivity contribution in [2.75, 3.05) is 17.9 Å². The van der Waals surface area contributed by atoms with Crippen molar-refractivity contribution in [1.82, 2.24) is 0 Å². The van der Waals surface area contributed by atoms with Crippen LogP contribution in [0.2, 0.25) is 0 Å². The van der Waals surface area contributed by atoms with Crippen molar-refractivity contribution in [3.63, 3.8) is 0 Å². The van der Waals surface area contributed by atoms with Crippen molar-refractivity contribution in [1.29, 1.82) is 0 Å². The summed E-state index contributed by atoms with van der Waals surface area (Å²) in [5.41, 5.74) is 1.64. The number of para-hydroxylation sites is 1. The number of ether oxygens (including phenoxy) is 1. The molecule has 1 aliphatic rings. The maximum Gasteiger partial charge on any atom is 0.313 e. The maximum atomic E-state index is 12.2. The van der Waals surface area contributed by atoms with E-state index >= 15 is 0 Å². The van der Waals surface area contributed by atoms with E-state index in [2.05, 4.69) is 0 Å². The summed E-state index contributed by atoms with van der Waals surface area (Å²) in [4.78, 5) is 25.9. The summed E-state index contributed by atoms with van der Waals surface area (Å²) in [6.45, 7) is 1.94. The Morgan fingerprint density at radius 2 is 2.10 bits per heavy atom.